The third-order valence-electron chi connectivity index (χ3n) is 2.81. The number of nitrogens with one attached hydrogen (secondary N) is 1. The number of aryl methyl sites for hydroxylation is 2. The summed E-state index contributed by atoms with van der Waals surface area (Å²) in [7, 11) is 1.63. The molecule has 0 aliphatic rings. The highest BCUT2D eigenvalue weighted by atomic mass is 16.5. The Morgan fingerprint density at radius 1 is 1.33 bits per heavy atom. The molecule has 0 radical (unpaired) electrons. The van der Waals surface area contributed by atoms with E-state index in [0.29, 0.717) is 19.6 Å². The second kappa shape index (κ2) is 7.01. The van der Waals surface area contributed by atoms with Gasteiger partial charge in [-0.15, -0.1) is 0 Å². The molecule has 0 aromatic heterocycles. The SMILES string of the molecule is CNC(=O)CCOc1c(C)cc(CCN)cc1C. The van der Waals surface area contributed by atoms with E-state index < -0.39 is 0 Å². The van der Waals surface area contributed by atoms with Gasteiger partial charge in [0.2, 0.25) is 5.91 Å². The van der Waals surface area contributed by atoms with Gasteiger partial charge >= 0.3 is 0 Å². The van der Waals surface area contributed by atoms with E-state index in [-0.39, 0.29) is 5.91 Å². The molecule has 18 heavy (non-hydrogen) atoms. The van der Waals surface area contributed by atoms with Crippen LogP contribution in [0, 0.1) is 13.8 Å². The maximum atomic E-state index is 11.1. The van der Waals surface area contributed by atoms with Gasteiger partial charge in [-0.2, -0.15) is 0 Å². The summed E-state index contributed by atoms with van der Waals surface area (Å²) < 4.78 is 5.68. The molecule has 0 bridgehead atoms. The third kappa shape index (κ3) is 4.04. The van der Waals surface area contributed by atoms with Gasteiger partial charge in [-0.1, -0.05) is 12.1 Å². The Labute approximate surface area is 109 Å². The minimum Gasteiger partial charge on any atom is -0.493 e. The van der Waals surface area contributed by atoms with Crippen molar-refractivity contribution in [2.24, 2.45) is 5.73 Å². The van der Waals surface area contributed by atoms with Crippen molar-refractivity contribution in [3.8, 4) is 5.75 Å². The Bertz CT molecular complexity index is 393. The lowest BCUT2D eigenvalue weighted by molar-refractivity contribution is -0.121. The van der Waals surface area contributed by atoms with E-state index in [9.17, 15) is 4.79 Å². The zero-order valence-corrected chi connectivity index (χ0v) is 11.4. The van der Waals surface area contributed by atoms with E-state index in [1.165, 1.54) is 5.56 Å². The summed E-state index contributed by atoms with van der Waals surface area (Å²) in [5, 5.41) is 2.57. The number of amides is 1. The fourth-order valence-electron chi connectivity index (χ4n) is 1.95. The van der Waals surface area contributed by atoms with E-state index in [1.807, 2.05) is 13.8 Å². The molecule has 0 atom stereocenters. The van der Waals surface area contributed by atoms with Crippen molar-refractivity contribution in [1.82, 2.24) is 5.32 Å². The van der Waals surface area contributed by atoms with Crippen LogP contribution in [0.25, 0.3) is 0 Å². The van der Waals surface area contributed by atoms with Crippen molar-refractivity contribution in [3.05, 3.63) is 28.8 Å². The Morgan fingerprint density at radius 2 is 1.94 bits per heavy atom. The van der Waals surface area contributed by atoms with Crippen molar-refractivity contribution < 1.29 is 9.53 Å². The molecule has 100 valence electrons. The highest BCUT2D eigenvalue weighted by molar-refractivity contribution is 5.75. The number of carbonyl (C=O) groups is 1. The second-order valence-electron chi connectivity index (χ2n) is 4.37. The van der Waals surface area contributed by atoms with Crippen LogP contribution in [0.1, 0.15) is 23.1 Å². The van der Waals surface area contributed by atoms with Crippen LogP contribution in [0.2, 0.25) is 0 Å². The highest BCUT2D eigenvalue weighted by Gasteiger charge is 2.07. The van der Waals surface area contributed by atoms with Crippen molar-refractivity contribution >= 4 is 5.91 Å². The molecule has 0 aliphatic heterocycles. The maximum Gasteiger partial charge on any atom is 0.223 e. The molecule has 4 heteroatoms. The van der Waals surface area contributed by atoms with E-state index in [0.717, 1.165) is 23.3 Å². The molecule has 0 unspecified atom stereocenters. The summed E-state index contributed by atoms with van der Waals surface area (Å²) in [6, 6.07) is 4.18. The number of hydrogen-bond acceptors (Lipinski definition) is 3. The molecular weight excluding hydrogens is 228 g/mol. The van der Waals surface area contributed by atoms with Crippen molar-refractivity contribution in [1.29, 1.82) is 0 Å². The monoisotopic (exact) mass is 250 g/mol. The molecule has 1 aromatic carbocycles. The summed E-state index contributed by atoms with van der Waals surface area (Å²) in [5.41, 5.74) is 8.97. The second-order valence-corrected chi connectivity index (χ2v) is 4.37. The van der Waals surface area contributed by atoms with Gasteiger partial charge in [-0.25, -0.2) is 0 Å². The van der Waals surface area contributed by atoms with Crippen molar-refractivity contribution in [3.63, 3.8) is 0 Å². The minimum absolute atomic E-state index is 0.00921. The van der Waals surface area contributed by atoms with Gasteiger partial charge in [0.25, 0.3) is 0 Å². The topological polar surface area (TPSA) is 64.3 Å². The molecule has 0 saturated heterocycles. The molecule has 1 aromatic rings. The van der Waals surface area contributed by atoms with Gasteiger partial charge in [-0.3, -0.25) is 4.79 Å². The zero-order valence-electron chi connectivity index (χ0n) is 11.4. The number of rotatable bonds is 6. The molecule has 3 N–H and O–H groups in total. The van der Waals surface area contributed by atoms with E-state index >= 15 is 0 Å². The number of benzene rings is 1. The van der Waals surface area contributed by atoms with Gasteiger partial charge in [-0.05, 0) is 43.5 Å². The first-order valence-corrected chi connectivity index (χ1v) is 6.22. The highest BCUT2D eigenvalue weighted by Crippen LogP contribution is 2.25. The average molecular weight is 250 g/mol. The van der Waals surface area contributed by atoms with Gasteiger partial charge in [0.15, 0.2) is 0 Å². The Morgan fingerprint density at radius 3 is 2.44 bits per heavy atom. The molecule has 1 rings (SSSR count). The standard InChI is InChI=1S/C14H22N2O2/c1-10-8-12(4-6-15)9-11(2)14(10)18-7-5-13(17)16-3/h8-9H,4-7,15H2,1-3H3,(H,16,17). The number of ether oxygens (including phenoxy) is 1. The molecule has 0 heterocycles. The molecule has 1 amide bonds. The summed E-state index contributed by atoms with van der Waals surface area (Å²) in [4.78, 5) is 11.1. The molecule has 0 fully saturated rings. The van der Waals surface area contributed by atoms with Crippen LogP contribution in [0.15, 0.2) is 12.1 Å². The zero-order chi connectivity index (χ0) is 13.5. The van der Waals surface area contributed by atoms with Gasteiger partial charge < -0.3 is 15.8 Å². The van der Waals surface area contributed by atoms with Crippen LogP contribution in [0.4, 0.5) is 0 Å². The van der Waals surface area contributed by atoms with Crippen LogP contribution < -0.4 is 15.8 Å². The lowest BCUT2D eigenvalue weighted by Gasteiger charge is -2.13. The largest absolute Gasteiger partial charge is 0.493 e. The van der Waals surface area contributed by atoms with Crippen LogP contribution in [0.3, 0.4) is 0 Å². The Kier molecular flexibility index (Phi) is 5.65. The lowest BCUT2D eigenvalue weighted by atomic mass is 10.0. The maximum absolute atomic E-state index is 11.1. The molecule has 0 spiro atoms. The smallest absolute Gasteiger partial charge is 0.223 e. The molecule has 4 nitrogen and oxygen atoms in total. The van der Waals surface area contributed by atoms with Gasteiger partial charge in [0.05, 0.1) is 13.0 Å². The molecule has 0 aliphatic carbocycles. The number of carbonyl (C=O) groups excluding carboxylic acids is 1. The summed E-state index contributed by atoms with van der Waals surface area (Å²) in [6.45, 7) is 5.08. The van der Waals surface area contributed by atoms with Crippen LogP contribution in [-0.2, 0) is 11.2 Å². The predicted molar refractivity (Wildman–Crippen MR) is 72.9 cm³/mol. The van der Waals surface area contributed by atoms with E-state index in [1.54, 1.807) is 7.05 Å². The number of hydrogen-bond donors (Lipinski definition) is 2. The molecular formula is C14H22N2O2. The van der Waals surface area contributed by atoms with E-state index in [4.69, 9.17) is 10.5 Å². The molecule has 0 saturated carbocycles. The first-order valence-electron chi connectivity index (χ1n) is 6.22. The van der Waals surface area contributed by atoms with Crippen LogP contribution in [0.5, 0.6) is 5.75 Å². The van der Waals surface area contributed by atoms with Crippen LogP contribution >= 0.6 is 0 Å². The first kappa shape index (κ1) is 14.5. The van der Waals surface area contributed by atoms with Gasteiger partial charge in [0, 0.05) is 7.05 Å². The quantitative estimate of drug-likeness (QED) is 0.800. The first-order chi connectivity index (χ1) is 8.58. The lowest BCUT2D eigenvalue weighted by Crippen LogP contribution is -2.20. The summed E-state index contributed by atoms with van der Waals surface area (Å²) in [6.07, 6.45) is 1.25. The van der Waals surface area contributed by atoms with Crippen molar-refractivity contribution in [2.45, 2.75) is 26.7 Å². The minimum atomic E-state index is -0.00921. The average Bonchev–Trinajstić information content (AvgIpc) is 2.32. The number of nitrogens with two attached hydrogens (primary N) is 1. The Hall–Kier alpha value is -1.55. The fraction of sp³-hybridized carbons (Fsp3) is 0.500. The fourth-order valence-corrected chi connectivity index (χ4v) is 1.95. The van der Waals surface area contributed by atoms with E-state index in [2.05, 4.69) is 17.4 Å². The third-order valence-corrected chi connectivity index (χ3v) is 2.81. The predicted octanol–water partition coefficient (Wildman–Crippen LogP) is 1.32. The Balaban J connectivity index is 2.68. The summed E-state index contributed by atoms with van der Waals surface area (Å²) in [5.74, 6) is 0.865. The summed E-state index contributed by atoms with van der Waals surface area (Å²) >= 11 is 0. The van der Waals surface area contributed by atoms with Gasteiger partial charge in [0.1, 0.15) is 5.75 Å². The van der Waals surface area contributed by atoms with Crippen molar-refractivity contribution in [2.75, 3.05) is 20.2 Å². The van der Waals surface area contributed by atoms with Crippen LogP contribution in [-0.4, -0.2) is 26.1 Å². The normalized spacial score (nSPS) is 10.2.